The van der Waals surface area contributed by atoms with Crippen molar-refractivity contribution in [2.24, 2.45) is 0 Å². The van der Waals surface area contributed by atoms with E-state index in [1.165, 1.54) is 11.1 Å². The number of nitrogens with zero attached hydrogens (tertiary/aromatic N) is 1. The average Bonchev–Trinajstić information content (AvgIpc) is 2.47. The quantitative estimate of drug-likeness (QED) is 0.872. The van der Waals surface area contributed by atoms with Gasteiger partial charge in [0.1, 0.15) is 12.4 Å². The van der Waals surface area contributed by atoms with Crippen LogP contribution >= 0.6 is 0 Å². The molecule has 1 N–H and O–H groups in total. The van der Waals surface area contributed by atoms with Gasteiger partial charge in [-0.05, 0) is 44.5 Å². The summed E-state index contributed by atoms with van der Waals surface area (Å²) in [5.41, 5.74) is 2.43. The molecule has 0 aliphatic carbocycles. The molecule has 1 aromatic carbocycles. The maximum Gasteiger partial charge on any atom is 0.119 e. The number of rotatable bonds is 6. The summed E-state index contributed by atoms with van der Waals surface area (Å²) < 4.78 is 5.78. The van der Waals surface area contributed by atoms with E-state index in [0.29, 0.717) is 6.61 Å². The van der Waals surface area contributed by atoms with Crippen molar-refractivity contribution in [3.8, 4) is 5.75 Å². The molecule has 2 aromatic rings. The Balaban J connectivity index is 1.80. The fraction of sp³-hybridized carbons (Fsp3) is 0.353. The standard InChI is InChI=1S/C17H22N2O/c1-13-6-8-17(9-7-13)20-12-14(2)19-15(3)16-5-4-10-18-11-16/h4-11,14-15,19H,12H2,1-3H3. The second-order valence-electron chi connectivity index (χ2n) is 5.20. The fourth-order valence-electron chi connectivity index (χ4n) is 2.06. The zero-order valence-corrected chi connectivity index (χ0v) is 12.3. The van der Waals surface area contributed by atoms with Crippen molar-refractivity contribution in [2.45, 2.75) is 32.9 Å². The van der Waals surface area contributed by atoms with E-state index < -0.39 is 0 Å². The summed E-state index contributed by atoms with van der Waals surface area (Å²) in [5.74, 6) is 0.915. The molecule has 1 heterocycles. The molecule has 0 radical (unpaired) electrons. The van der Waals surface area contributed by atoms with Crippen LogP contribution in [0.1, 0.15) is 31.0 Å². The van der Waals surface area contributed by atoms with Crippen LogP contribution in [0.2, 0.25) is 0 Å². The van der Waals surface area contributed by atoms with Crippen LogP contribution in [0.3, 0.4) is 0 Å². The minimum absolute atomic E-state index is 0.264. The summed E-state index contributed by atoms with van der Waals surface area (Å²) in [7, 11) is 0. The van der Waals surface area contributed by atoms with Crippen molar-refractivity contribution in [3.05, 3.63) is 59.9 Å². The summed E-state index contributed by atoms with van der Waals surface area (Å²) in [6, 6.07) is 12.7. The molecule has 2 rings (SSSR count). The number of aryl methyl sites for hydroxylation is 1. The van der Waals surface area contributed by atoms with Gasteiger partial charge in [-0.15, -0.1) is 0 Å². The van der Waals surface area contributed by atoms with Gasteiger partial charge in [-0.2, -0.15) is 0 Å². The summed E-state index contributed by atoms with van der Waals surface area (Å²) in [4.78, 5) is 4.14. The van der Waals surface area contributed by atoms with Crippen molar-refractivity contribution in [3.63, 3.8) is 0 Å². The van der Waals surface area contributed by atoms with Crippen LogP contribution in [0.4, 0.5) is 0 Å². The summed E-state index contributed by atoms with van der Waals surface area (Å²) in [5, 5.41) is 3.51. The normalized spacial score (nSPS) is 13.8. The third kappa shape index (κ3) is 4.35. The van der Waals surface area contributed by atoms with Gasteiger partial charge in [0.05, 0.1) is 0 Å². The van der Waals surface area contributed by atoms with Crippen molar-refractivity contribution < 1.29 is 4.74 Å². The van der Waals surface area contributed by atoms with Crippen molar-refractivity contribution in [1.82, 2.24) is 10.3 Å². The average molecular weight is 270 g/mol. The van der Waals surface area contributed by atoms with Gasteiger partial charge in [0.25, 0.3) is 0 Å². The largest absolute Gasteiger partial charge is 0.492 e. The Bertz CT molecular complexity index is 510. The van der Waals surface area contributed by atoms with E-state index in [9.17, 15) is 0 Å². The van der Waals surface area contributed by atoms with Gasteiger partial charge in [0.15, 0.2) is 0 Å². The maximum absolute atomic E-state index is 5.78. The first kappa shape index (κ1) is 14.5. The molecule has 0 spiro atoms. The van der Waals surface area contributed by atoms with Crippen LogP contribution in [0.15, 0.2) is 48.8 Å². The second kappa shape index (κ2) is 7.06. The molecule has 20 heavy (non-hydrogen) atoms. The highest BCUT2D eigenvalue weighted by Crippen LogP contribution is 2.13. The Morgan fingerprint density at radius 1 is 1.15 bits per heavy atom. The Morgan fingerprint density at radius 3 is 2.55 bits per heavy atom. The van der Waals surface area contributed by atoms with E-state index >= 15 is 0 Å². The van der Waals surface area contributed by atoms with E-state index in [1.807, 2.05) is 24.4 Å². The summed E-state index contributed by atoms with van der Waals surface area (Å²) in [6.07, 6.45) is 3.69. The molecule has 0 saturated carbocycles. The first-order valence-electron chi connectivity index (χ1n) is 7.00. The van der Waals surface area contributed by atoms with Gasteiger partial charge in [-0.3, -0.25) is 4.98 Å². The highest BCUT2D eigenvalue weighted by atomic mass is 16.5. The smallest absolute Gasteiger partial charge is 0.119 e. The molecular weight excluding hydrogens is 248 g/mol. The van der Waals surface area contributed by atoms with Crippen molar-refractivity contribution >= 4 is 0 Å². The first-order chi connectivity index (χ1) is 9.65. The SMILES string of the molecule is Cc1ccc(OCC(C)NC(C)c2cccnc2)cc1. The topological polar surface area (TPSA) is 34.1 Å². The number of benzene rings is 1. The van der Waals surface area contributed by atoms with Gasteiger partial charge in [0.2, 0.25) is 0 Å². The first-order valence-corrected chi connectivity index (χ1v) is 7.00. The Hall–Kier alpha value is -1.87. The highest BCUT2D eigenvalue weighted by Gasteiger charge is 2.09. The van der Waals surface area contributed by atoms with E-state index in [-0.39, 0.29) is 12.1 Å². The predicted octanol–water partition coefficient (Wildman–Crippen LogP) is 3.51. The van der Waals surface area contributed by atoms with Gasteiger partial charge < -0.3 is 10.1 Å². The second-order valence-corrected chi connectivity index (χ2v) is 5.20. The molecule has 0 aliphatic heterocycles. The number of pyridine rings is 1. The minimum Gasteiger partial charge on any atom is -0.492 e. The van der Waals surface area contributed by atoms with Crippen LogP contribution < -0.4 is 10.1 Å². The Morgan fingerprint density at radius 2 is 1.90 bits per heavy atom. The van der Waals surface area contributed by atoms with Gasteiger partial charge in [-0.25, -0.2) is 0 Å². The lowest BCUT2D eigenvalue weighted by Gasteiger charge is -2.20. The molecule has 1 aromatic heterocycles. The summed E-state index contributed by atoms with van der Waals surface area (Å²) >= 11 is 0. The van der Waals surface area contributed by atoms with E-state index in [4.69, 9.17) is 4.74 Å². The number of hydrogen-bond acceptors (Lipinski definition) is 3. The van der Waals surface area contributed by atoms with Gasteiger partial charge in [0, 0.05) is 24.5 Å². The Labute approximate surface area is 121 Å². The van der Waals surface area contributed by atoms with E-state index in [0.717, 1.165) is 5.75 Å². The van der Waals surface area contributed by atoms with Crippen LogP contribution in [0.25, 0.3) is 0 Å². The number of aromatic nitrogens is 1. The molecule has 3 heteroatoms. The molecule has 106 valence electrons. The van der Waals surface area contributed by atoms with Crippen molar-refractivity contribution in [2.75, 3.05) is 6.61 Å². The lowest BCUT2D eigenvalue weighted by atomic mass is 10.1. The lowest BCUT2D eigenvalue weighted by Crippen LogP contribution is -2.33. The fourth-order valence-corrected chi connectivity index (χ4v) is 2.06. The Kier molecular flexibility index (Phi) is 5.13. The van der Waals surface area contributed by atoms with Crippen molar-refractivity contribution in [1.29, 1.82) is 0 Å². The molecule has 0 fully saturated rings. The number of nitrogens with one attached hydrogen (secondary N) is 1. The zero-order valence-electron chi connectivity index (χ0n) is 12.3. The lowest BCUT2D eigenvalue weighted by molar-refractivity contribution is 0.264. The molecular formula is C17H22N2O. The van der Waals surface area contributed by atoms with Gasteiger partial charge >= 0.3 is 0 Å². The van der Waals surface area contributed by atoms with E-state index in [1.54, 1.807) is 6.20 Å². The van der Waals surface area contributed by atoms with E-state index in [2.05, 4.69) is 49.3 Å². The zero-order chi connectivity index (χ0) is 14.4. The van der Waals surface area contributed by atoms with Gasteiger partial charge in [-0.1, -0.05) is 23.8 Å². The molecule has 3 nitrogen and oxygen atoms in total. The third-order valence-corrected chi connectivity index (χ3v) is 3.24. The van der Waals surface area contributed by atoms with Crippen LogP contribution in [-0.4, -0.2) is 17.6 Å². The molecule has 0 bridgehead atoms. The molecule has 0 amide bonds. The molecule has 0 saturated heterocycles. The number of hydrogen-bond donors (Lipinski definition) is 1. The third-order valence-electron chi connectivity index (χ3n) is 3.24. The van der Waals surface area contributed by atoms with Crippen LogP contribution in [0.5, 0.6) is 5.75 Å². The molecule has 0 aliphatic rings. The minimum atomic E-state index is 0.264. The summed E-state index contributed by atoms with van der Waals surface area (Å²) in [6.45, 7) is 6.98. The molecule has 2 unspecified atom stereocenters. The van der Waals surface area contributed by atoms with Crippen LogP contribution in [0, 0.1) is 6.92 Å². The predicted molar refractivity (Wildman–Crippen MR) is 81.9 cm³/mol. The molecule has 2 atom stereocenters. The maximum atomic E-state index is 5.78. The number of ether oxygens (including phenoxy) is 1. The van der Waals surface area contributed by atoms with Crippen LogP contribution in [-0.2, 0) is 0 Å². The highest BCUT2D eigenvalue weighted by molar-refractivity contribution is 5.26. The monoisotopic (exact) mass is 270 g/mol.